The molecule has 1 atom stereocenters. The highest BCUT2D eigenvalue weighted by Crippen LogP contribution is 2.24. The first kappa shape index (κ1) is 14.5. The van der Waals surface area contributed by atoms with E-state index in [0.717, 1.165) is 26.2 Å². The summed E-state index contributed by atoms with van der Waals surface area (Å²) in [5.74, 6) is 0. The summed E-state index contributed by atoms with van der Waals surface area (Å²) >= 11 is 1.77. The van der Waals surface area contributed by atoms with Crippen molar-refractivity contribution in [2.75, 3.05) is 19.6 Å². The molecule has 0 amide bonds. The predicted octanol–water partition coefficient (Wildman–Crippen LogP) is 2.71. The van der Waals surface area contributed by atoms with E-state index in [2.05, 4.69) is 44.2 Å². The monoisotopic (exact) mass is 295 g/mol. The smallest absolute Gasteiger partial charge is 0.0477 e. The summed E-state index contributed by atoms with van der Waals surface area (Å²) in [5, 5.41) is 7.88. The summed E-state index contributed by atoms with van der Waals surface area (Å²) in [6.07, 6.45) is 3.76. The topological polar surface area (TPSA) is 28.2 Å². The van der Waals surface area contributed by atoms with Crippen molar-refractivity contribution in [2.24, 2.45) is 0 Å². The van der Waals surface area contributed by atoms with Gasteiger partial charge in [-0.2, -0.15) is 11.3 Å². The first-order chi connectivity index (χ1) is 8.93. The van der Waals surface area contributed by atoms with Crippen molar-refractivity contribution in [1.29, 1.82) is 0 Å². The van der Waals surface area contributed by atoms with Gasteiger partial charge in [-0.1, -0.05) is 0 Å². The van der Waals surface area contributed by atoms with E-state index >= 15 is 0 Å². The number of hydrogen-bond donors (Lipinski definition) is 1. The zero-order valence-electron chi connectivity index (χ0n) is 10.7. The highest BCUT2D eigenvalue weighted by molar-refractivity contribution is 7.07. The summed E-state index contributed by atoms with van der Waals surface area (Å²) in [6.45, 7) is 4.24. The van der Waals surface area contributed by atoms with E-state index in [-0.39, 0.29) is 12.4 Å². The van der Waals surface area contributed by atoms with Crippen LogP contribution in [0.3, 0.4) is 0 Å². The van der Waals surface area contributed by atoms with Gasteiger partial charge in [0, 0.05) is 44.6 Å². The fourth-order valence-electron chi connectivity index (χ4n) is 2.47. The SMILES string of the molecule is Cl.c1cc(C2CNCCN2Cc2ccsc2)ccn1. The largest absolute Gasteiger partial charge is 0.314 e. The highest BCUT2D eigenvalue weighted by Gasteiger charge is 2.23. The predicted molar refractivity (Wildman–Crippen MR) is 81.8 cm³/mol. The first-order valence-corrected chi connectivity index (χ1v) is 7.23. The number of halogens is 1. The Bertz CT molecular complexity index is 475. The molecule has 1 saturated heterocycles. The van der Waals surface area contributed by atoms with E-state index in [1.54, 1.807) is 11.3 Å². The Balaban J connectivity index is 0.00000133. The van der Waals surface area contributed by atoms with Gasteiger partial charge in [0.15, 0.2) is 0 Å². The lowest BCUT2D eigenvalue weighted by Crippen LogP contribution is -2.45. The Kier molecular flexibility index (Phi) is 5.34. The van der Waals surface area contributed by atoms with Gasteiger partial charge in [-0.15, -0.1) is 12.4 Å². The van der Waals surface area contributed by atoms with Crippen LogP contribution in [0.25, 0.3) is 0 Å². The molecule has 19 heavy (non-hydrogen) atoms. The van der Waals surface area contributed by atoms with E-state index in [0.29, 0.717) is 6.04 Å². The van der Waals surface area contributed by atoms with Crippen LogP contribution in [-0.2, 0) is 6.54 Å². The molecule has 0 saturated carbocycles. The van der Waals surface area contributed by atoms with E-state index in [1.165, 1.54) is 11.1 Å². The molecule has 1 aliphatic rings. The molecule has 0 bridgehead atoms. The lowest BCUT2D eigenvalue weighted by atomic mass is 10.0. The maximum absolute atomic E-state index is 4.10. The standard InChI is InChI=1S/C14H17N3S.ClH/c1-4-15-5-2-13(1)14-9-16-6-7-17(14)10-12-3-8-18-11-12;/h1-5,8,11,14,16H,6-7,9-10H2;1H. The van der Waals surface area contributed by atoms with Crippen LogP contribution in [0.1, 0.15) is 17.2 Å². The second kappa shape index (κ2) is 7.01. The Morgan fingerprint density at radius 3 is 2.89 bits per heavy atom. The third-order valence-electron chi connectivity index (χ3n) is 3.41. The van der Waals surface area contributed by atoms with Crippen molar-refractivity contribution in [3.8, 4) is 0 Å². The van der Waals surface area contributed by atoms with Crippen LogP contribution in [0, 0.1) is 0 Å². The maximum Gasteiger partial charge on any atom is 0.0477 e. The average molecular weight is 296 g/mol. The summed E-state index contributed by atoms with van der Waals surface area (Å²) < 4.78 is 0. The van der Waals surface area contributed by atoms with E-state index < -0.39 is 0 Å². The third-order valence-corrected chi connectivity index (χ3v) is 4.14. The van der Waals surface area contributed by atoms with Crippen LogP contribution in [0.5, 0.6) is 0 Å². The molecule has 1 aliphatic heterocycles. The van der Waals surface area contributed by atoms with Gasteiger partial charge in [-0.25, -0.2) is 0 Å². The minimum Gasteiger partial charge on any atom is -0.314 e. The molecule has 0 radical (unpaired) electrons. The van der Waals surface area contributed by atoms with Gasteiger partial charge in [0.05, 0.1) is 0 Å². The van der Waals surface area contributed by atoms with Gasteiger partial charge in [-0.3, -0.25) is 9.88 Å². The molecule has 0 aromatic carbocycles. The number of pyridine rings is 1. The zero-order valence-corrected chi connectivity index (χ0v) is 12.3. The van der Waals surface area contributed by atoms with Crippen molar-refractivity contribution in [3.05, 3.63) is 52.5 Å². The molecule has 0 spiro atoms. The Hall–Kier alpha value is -0.940. The summed E-state index contributed by atoms with van der Waals surface area (Å²) in [4.78, 5) is 6.65. The van der Waals surface area contributed by atoms with Gasteiger partial charge in [0.25, 0.3) is 0 Å². The van der Waals surface area contributed by atoms with Crippen molar-refractivity contribution >= 4 is 23.7 Å². The number of thiophene rings is 1. The van der Waals surface area contributed by atoms with Crippen molar-refractivity contribution in [3.63, 3.8) is 0 Å². The van der Waals surface area contributed by atoms with E-state index in [4.69, 9.17) is 0 Å². The molecule has 102 valence electrons. The number of nitrogens with one attached hydrogen (secondary N) is 1. The fraction of sp³-hybridized carbons (Fsp3) is 0.357. The van der Waals surface area contributed by atoms with Crippen LogP contribution < -0.4 is 5.32 Å². The Labute approximate surface area is 124 Å². The quantitative estimate of drug-likeness (QED) is 0.944. The molecular formula is C14H18ClN3S. The average Bonchev–Trinajstić information content (AvgIpc) is 2.93. The summed E-state index contributed by atoms with van der Waals surface area (Å²) in [5.41, 5.74) is 2.77. The lowest BCUT2D eigenvalue weighted by molar-refractivity contribution is 0.154. The van der Waals surface area contributed by atoms with Crippen LogP contribution in [0.4, 0.5) is 0 Å². The van der Waals surface area contributed by atoms with E-state index in [9.17, 15) is 0 Å². The number of nitrogens with zero attached hydrogens (tertiary/aromatic N) is 2. The molecule has 1 N–H and O–H groups in total. The van der Waals surface area contributed by atoms with Gasteiger partial charge < -0.3 is 5.32 Å². The van der Waals surface area contributed by atoms with Crippen LogP contribution in [-0.4, -0.2) is 29.5 Å². The maximum atomic E-state index is 4.10. The summed E-state index contributed by atoms with van der Waals surface area (Å²) in [7, 11) is 0. The number of aromatic nitrogens is 1. The minimum absolute atomic E-state index is 0. The fourth-order valence-corrected chi connectivity index (χ4v) is 3.13. The van der Waals surface area contributed by atoms with Gasteiger partial charge >= 0.3 is 0 Å². The normalized spacial score (nSPS) is 19.9. The van der Waals surface area contributed by atoms with Crippen molar-refractivity contribution in [1.82, 2.24) is 15.2 Å². The molecule has 3 nitrogen and oxygen atoms in total. The molecule has 2 aromatic heterocycles. The second-order valence-electron chi connectivity index (χ2n) is 4.60. The van der Waals surface area contributed by atoms with Gasteiger partial charge in [-0.05, 0) is 40.1 Å². The molecule has 2 aromatic rings. The number of piperazine rings is 1. The van der Waals surface area contributed by atoms with Crippen LogP contribution in [0.15, 0.2) is 41.4 Å². The molecule has 5 heteroatoms. The second-order valence-corrected chi connectivity index (χ2v) is 5.38. The van der Waals surface area contributed by atoms with Crippen molar-refractivity contribution in [2.45, 2.75) is 12.6 Å². The minimum atomic E-state index is 0. The molecule has 0 aliphatic carbocycles. The van der Waals surface area contributed by atoms with Gasteiger partial charge in [0.1, 0.15) is 0 Å². The zero-order chi connectivity index (χ0) is 12.2. The number of rotatable bonds is 3. The van der Waals surface area contributed by atoms with Crippen LogP contribution >= 0.6 is 23.7 Å². The third kappa shape index (κ3) is 3.54. The molecular weight excluding hydrogens is 278 g/mol. The lowest BCUT2D eigenvalue weighted by Gasteiger charge is -2.36. The van der Waals surface area contributed by atoms with E-state index in [1.807, 2.05) is 12.4 Å². The number of hydrogen-bond acceptors (Lipinski definition) is 4. The van der Waals surface area contributed by atoms with Gasteiger partial charge in [0.2, 0.25) is 0 Å². The Morgan fingerprint density at radius 1 is 1.32 bits per heavy atom. The summed E-state index contributed by atoms with van der Waals surface area (Å²) in [6, 6.07) is 6.93. The Morgan fingerprint density at radius 2 is 2.16 bits per heavy atom. The highest BCUT2D eigenvalue weighted by atomic mass is 35.5. The van der Waals surface area contributed by atoms with Crippen molar-refractivity contribution < 1.29 is 0 Å². The first-order valence-electron chi connectivity index (χ1n) is 6.29. The molecule has 3 rings (SSSR count). The molecule has 1 unspecified atom stereocenters. The molecule has 1 fully saturated rings. The molecule has 3 heterocycles. The van der Waals surface area contributed by atoms with Crippen LogP contribution in [0.2, 0.25) is 0 Å².